The molecular formula is C11H16O3. The highest BCUT2D eigenvalue weighted by atomic mass is 16.5. The van der Waals surface area contributed by atoms with Crippen LogP contribution in [0.4, 0.5) is 0 Å². The first kappa shape index (κ1) is 9.71. The predicted octanol–water partition coefficient (Wildman–Crippen LogP) is 1.27. The van der Waals surface area contributed by atoms with E-state index in [0.717, 1.165) is 19.3 Å². The average Bonchev–Trinajstić information content (AvgIpc) is 2.00. The van der Waals surface area contributed by atoms with Crippen LogP contribution >= 0.6 is 0 Å². The fourth-order valence-corrected chi connectivity index (χ4v) is 2.86. The minimum atomic E-state index is -0.254. The Balaban J connectivity index is 1.81. The zero-order chi connectivity index (χ0) is 10.2. The molecule has 0 saturated heterocycles. The van der Waals surface area contributed by atoms with Crippen LogP contribution in [0.25, 0.3) is 0 Å². The quantitative estimate of drug-likeness (QED) is 0.544. The first-order chi connectivity index (χ1) is 6.64. The smallest absolute Gasteiger partial charge is 0.330 e. The molecule has 0 heterocycles. The number of rotatable bonds is 4. The predicted molar refractivity (Wildman–Crippen MR) is 51.6 cm³/mol. The molecule has 3 saturated carbocycles. The van der Waals surface area contributed by atoms with Gasteiger partial charge in [0.1, 0.15) is 0 Å². The maximum absolute atomic E-state index is 11.0. The van der Waals surface area contributed by atoms with Crippen LogP contribution in [0, 0.1) is 10.8 Å². The molecule has 3 heteroatoms. The number of aliphatic hydroxyl groups is 1. The number of hydrogen-bond donors (Lipinski definition) is 1. The number of carbonyl (C=O) groups excluding carboxylic acids is 1. The number of ether oxygens (including phenoxy) is 1. The minimum absolute atomic E-state index is 0.207. The van der Waals surface area contributed by atoms with Crippen LogP contribution < -0.4 is 0 Å². The van der Waals surface area contributed by atoms with Gasteiger partial charge in [-0.3, -0.25) is 0 Å². The van der Waals surface area contributed by atoms with E-state index in [1.54, 1.807) is 6.92 Å². The molecule has 0 amide bonds. The third kappa shape index (κ3) is 1.36. The second kappa shape index (κ2) is 3.09. The number of carbonyl (C=O) groups is 1. The standard InChI is InChI=1S/C11H16O3/c1-2-14-9(13)3-4-10-5-11(6-10,7-10)8-12/h3-4,12H,2,5-8H2,1H3. The molecule has 1 N–H and O–H groups in total. The van der Waals surface area contributed by atoms with Crippen molar-refractivity contribution in [1.82, 2.24) is 0 Å². The fraction of sp³-hybridized carbons (Fsp3) is 0.727. The third-order valence-corrected chi connectivity index (χ3v) is 3.38. The zero-order valence-corrected chi connectivity index (χ0v) is 8.45. The van der Waals surface area contributed by atoms with Gasteiger partial charge in [0, 0.05) is 12.7 Å². The maximum Gasteiger partial charge on any atom is 0.330 e. The van der Waals surface area contributed by atoms with E-state index in [-0.39, 0.29) is 16.8 Å². The van der Waals surface area contributed by atoms with Gasteiger partial charge >= 0.3 is 5.97 Å². The Morgan fingerprint density at radius 2 is 2.14 bits per heavy atom. The summed E-state index contributed by atoms with van der Waals surface area (Å²) in [6, 6.07) is 0. The summed E-state index contributed by atoms with van der Waals surface area (Å²) in [7, 11) is 0. The van der Waals surface area contributed by atoms with E-state index >= 15 is 0 Å². The first-order valence-electron chi connectivity index (χ1n) is 5.11. The number of esters is 1. The number of allylic oxidation sites excluding steroid dienone is 1. The molecular weight excluding hydrogens is 180 g/mol. The van der Waals surface area contributed by atoms with Crippen LogP contribution in [0.2, 0.25) is 0 Å². The van der Waals surface area contributed by atoms with E-state index in [4.69, 9.17) is 9.84 Å². The molecule has 3 nitrogen and oxygen atoms in total. The highest BCUT2D eigenvalue weighted by Crippen LogP contribution is 2.73. The lowest BCUT2D eigenvalue weighted by atomic mass is 9.35. The van der Waals surface area contributed by atoms with Crippen molar-refractivity contribution in [2.75, 3.05) is 13.2 Å². The first-order valence-corrected chi connectivity index (χ1v) is 5.11. The Morgan fingerprint density at radius 3 is 2.64 bits per heavy atom. The van der Waals surface area contributed by atoms with E-state index in [0.29, 0.717) is 13.2 Å². The zero-order valence-electron chi connectivity index (χ0n) is 8.45. The lowest BCUT2D eigenvalue weighted by Gasteiger charge is -2.69. The average molecular weight is 196 g/mol. The van der Waals surface area contributed by atoms with Crippen molar-refractivity contribution >= 4 is 5.97 Å². The SMILES string of the molecule is CCOC(=O)C=CC12CC(CO)(C1)C2. The second-order valence-corrected chi connectivity index (χ2v) is 4.64. The van der Waals surface area contributed by atoms with Gasteiger partial charge in [0.2, 0.25) is 0 Å². The molecule has 78 valence electrons. The molecule has 0 aromatic carbocycles. The Kier molecular flexibility index (Phi) is 2.14. The lowest BCUT2D eigenvalue weighted by Crippen LogP contribution is -2.62. The summed E-state index contributed by atoms with van der Waals surface area (Å²) < 4.78 is 4.80. The number of hydrogen-bond acceptors (Lipinski definition) is 3. The van der Waals surface area contributed by atoms with E-state index in [1.807, 2.05) is 6.08 Å². The Morgan fingerprint density at radius 1 is 1.50 bits per heavy atom. The highest BCUT2D eigenvalue weighted by molar-refractivity contribution is 5.82. The third-order valence-electron chi connectivity index (χ3n) is 3.38. The Labute approximate surface area is 83.8 Å². The molecule has 3 fully saturated rings. The van der Waals surface area contributed by atoms with Gasteiger partial charge in [0.25, 0.3) is 0 Å². The normalized spacial score (nSPS) is 39.0. The van der Waals surface area contributed by atoms with E-state index in [1.165, 1.54) is 6.08 Å². The van der Waals surface area contributed by atoms with Crippen molar-refractivity contribution in [2.45, 2.75) is 26.2 Å². The van der Waals surface area contributed by atoms with Crippen LogP contribution in [0.1, 0.15) is 26.2 Å². The Bertz CT molecular complexity index is 260. The molecule has 3 aliphatic carbocycles. The summed E-state index contributed by atoms with van der Waals surface area (Å²) in [4.78, 5) is 11.0. The molecule has 0 aromatic rings. The molecule has 3 rings (SSSR count). The summed E-state index contributed by atoms with van der Waals surface area (Å²) in [5, 5.41) is 9.04. The Hall–Kier alpha value is -0.830. The number of aliphatic hydroxyl groups excluding tert-OH is 1. The summed E-state index contributed by atoms with van der Waals surface area (Å²) in [5.41, 5.74) is 0.425. The van der Waals surface area contributed by atoms with Crippen LogP contribution in [0.5, 0.6) is 0 Å². The van der Waals surface area contributed by atoms with Crippen LogP contribution in [-0.4, -0.2) is 24.3 Å². The molecule has 3 aliphatic rings. The van der Waals surface area contributed by atoms with Crippen LogP contribution in [0.15, 0.2) is 12.2 Å². The van der Waals surface area contributed by atoms with E-state index in [9.17, 15) is 4.79 Å². The molecule has 2 bridgehead atoms. The van der Waals surface area contributed by atoms with Gasteiger partial charge in [-0.2, -0.15) is 0 Å². The molecule has 0 spiro atoms. The van der Waals surface area contributed by atoms with Gasteiger partial charge in [-0.25, -0.2) is 4.79 Å². The van der Waals surface area contributed by atoms with Crippen molar-refractivity contribution in [3.63, 3.8) is 0 Å². The van der Waals surface area contributed by atoms with Gasteiger partial charge in [-0.05, 0) is 37.0 Å². The molecule has 0 aliphatic heterocycles. The van der Waals surface area contributed by atoms with Crippen molar-refractivity contribution < 1.29 is 14.6 Å². The van der Waals surface area contributed by atoms with E-state index < -0.39 is 0 Å². The molecule has 0 unspecified atom stereocenters. The van der Waals surface area contributed by atoms with Gasteiger partial charge in [-0.15, -0.1) is 0 Å². The topological polar surface area (TPSA) is 46.5 Å². The summed E-state index contributed by atoms with van der Waals surface area (Å²) in [6.07, 6.45) is 6.59. The van der Waals surface area contributed by atoms with Crippen molar-refractivity contribution in [3.05, 3.63) is 12.2 Å². The van der Waals surface area contributed by atoms with Gasteiger partial charge < -0.3 is 9.84 Å². The second-order valence-electron chi connectivity index (χ2n) is 4.64. The van der Waals surface area contributed by atoms with Gasteiger partial charge in [0.05, 0.1) is 6.61 Å². The molecule has 0 aromatic heterocycles. The monoisotopic (exact) mass is 196 g/mol. The summed E-state index contributed by atoms with van der Waals surface area (Å²) in [6.45, 7) is 2.52. The summed E-state index contributed by atoms with van der Waals surface area (Å²) >= 11 is 0. The van der Waals surface area contributed by atoms with E-state index in [2.05, 4.69) is 0 Å². The maximum atomic E-state index is 11.0. The molecule has 14 heavy (non-hydrogen) atoms. The molecule has 0 radical (unpaired) electrons. The largest absolute Gasteiger partial charge is 0.463 e. The fourth-order valence-electron chi connectivity index (χ4n) is 2.86. The highest BCUT2D eigenvalue weighted by Gasteiger charge is 2.65. The molecule has 0 atom stereocenters. The van der Waals surface area contributed by atoms with Crippen LogP contribution in [0.3, 0.4) is 0 Å². The van der Waals surface area contributed by atoms with Crippen LogP contribution in [-0.2, 0) is 9.53 Å². The van der Waals surface area contributed by atoms with Crippen molar-refractivity contribution in [1.29, 1.82) is 0 Å². The van der Waals surface area contributed by atoms with Crippen molar-refractivity contribution in [2.24, 2.45) is 10.8 Å². The van der Waals surface area contributed by atoms with Gasteiger partial charge in [-0.1, -0.05) is 6.08 Å². The summed E-state index contributed by atoms with van der Waals surface area (Å²) in [5.74, 6) is -0.254. The van der Waals surface area contributed by atoms with Gasteiger partial charge in [0.15, 0.2) is 0 Å². The minimum Gasteiger partial charge on any atom is -0.463 e. The lowest BCUT2D eigenvalue weighted by molar-refractivity contribution is -0.192. The van der Waals surface area contributed by atoms with Crippen molar-refractivity contribution in [3.8, 4) is 0 Å².